The lowest BCUT2D eigenvalue weighted by molar-refractivity contribution is -0.384. The summed E-state index contributed by atoms with van der Waals surface area (Å²) >= 11 is 0. The number of nitro benzene ring substituents is 1. The molecular weight excluding hydrogens is 238 g/mol. The SMILES string of the molecule is Nn1cnnc1N/N=C\c1cccc([N+](=O)[O-])c1. The molecule has 0 radical (unpaired) electrons. The van der Waals surface area contributed by atoms with Gasteiger partial charge in [-0.2, -0.15) is 5.10 Å². The van der Waals surface area contributed by atoms with Crippen LogP contribution in [0.4, 0.5) is 11.6 Å². The number of anilines is 1. The van der Waals surface area contributed by atoms with Gasteiger partial charge in [-0.05, 0) is 0 Å². The molecule has 0 spiro atoms. The van der Waals surface area contributed by atoms with E-state index in [-0.39, 0.29) is 11.6 Å². The molecule has 1 aromatic carbocycles. The van der Waals surface area contributed by atoms with Crippen LogP contribution in [0.3, 0.4) is 0 Å². The van der Waals surface area contributed by atoms with Crippen molar-refractivity contribution in [2.24, 2.45) is 5.10 Å². The maximum absolute atomic E-state index is 10.6. The molecule has 2 rings (SSSR count). The van der Waals surface area contributed by atoms with Crippen molar-refractivity contribution in [3.63, 3.8) is 0 Å². The molecule has 9 nitrogen and oxygen atoms in total. The summed E-state index contributed by atoms with van der Waals surface area (Å²) in [6, 6.07) is 6.07. The standard InChI is InChI=1S/C9H9N7O2/c10-15-6-12-14-9(15)13-11-5-7-2-1-3-8(4-7)16(17)18/h1-6H,10H2,(H,13,14)/b11-5-. The molecule has 9 heteroatoms. The summed E-state index contributed by atoms with van der Waals surface area (Å²) in [5, 5.41) is 21.6. The van der Waals surface area contributed by atoms with Gasteiger partial charge in [0.15, 0.2) is 0 Å². The molecule has 0 fully saturated rings. The van der Waals surface area contributed by atoms with Crippen molar-refractivity contribution in [2.45, 2.75) is 0 Å². The normalized spacial score (nSPS) is 10.7. The van der Waals surface area contributed by atoms with Gasteiger partial charge in [0.25, 0.3) is 11.6 Å². The Morgan fingerprint density at radius 2 is 2.39 bits per heavy atom. The maximum Gasteiger partial charge on any atom is 0.270 e. The van der Waals surface area contributed by atoms with Crippen molar-refractivity contribution in [1.29, 1.82) is 0 Å². The Morgan fingerprint density at radius 1 is 1.56 bits per heavy atom. The third-order valence-electron chi connectivity index (χ3n) is 2.03. The van der Waals surface area contributed by atoms with Crippen LogP contribution in [0.2, 0.25) is 0 Å². The number of rotatable bonds is 4. The molecule has 0 aliphatic carbocycles. The fourth-order valence-electron chi connectivity index (χ4n) is 1.21. The number of non-ortho nitro benzene ring substituents is 1. The van der Waals surface area contributed by atoms with E-state index in [0.29, 0.717) is 5.56 Å². The van der Waals surface area contributed by atoms with E-state index in [9.17, 15) is 10.1 Å². The number of nitrogens with zero attached hydrogens (tertiary/aromatic N) is 5. The molecule has 0 amide bonds. The van der Waals surface area contributed by atoms with Crippen molar-refractivity contribution >= 4 is 17.9 Å². The summed E-state index contributed by atoms with van der Waals surface area (Å²) in [6.07, 6.45) is 2.73. The highest BCUT2D eigenvalue weighted by atomic mass is 16.6. The molecule has 0 aliphatic heterocycles. The van der Waals surface area contributed by atoms with Gasteiger partial charge in [0.2, 0.25) is 0 Å². The van der Waals surface area contributed by atoms with Crippen LogP contribution in [0, 0.1) is 10.1 Å². The maximum atomic E-state index is 10.6. The van der Waals surface area contributed by atoms with Gasteiger partial charge in [0.05, 0.1) is 11.1 Å². The first-order valence-corrected chi connectivity index (χ1v) is 4.85. The van der Waals surface area contributed by atoms with Crippen LogP contribution in [-0.2, 0) is 0 Å². The van der Waals surface area contributed by atoms with Gasteiger partial charge in [0.1, 0.15) is 6.33 Å². The van der Waals surface area contributed by atoms with E-state index in [2.05, 4.69) is 20.7 Å². The van der Waals surface area contributed by atoms with Gasteiger partial charge < -0.3 is 5.84 Å². The smallest absolute Gasteiger partial charge is 0.270 e. The molecule has 18 heavy (non-hydrogen) atoms. The zero-order valence-electron chi connectivity index (χ0n) is 9.09. The average Bonchev–Trinajstić information content (AvgIpc) is 2.76. The summed E-state index contributed by atoms with van der Waals surface area (Å²) in [4.78, 5) is 10.1. The van der Waals surface area contributed by atoms with Crippen LogP contribution < -0.4 is 11.3 Å². The Bertz CT molecular complexity index is 592. The van der Waals surface area contributed by atoms with Crippen LogP contribution in [0.25, 0.3) is 0 Å². The second-order valence-corrected chi connectivity index (χ2v) is 3.28. The van der Waals surface area contributed by atoms with Crippen LogP contribution in [-0.4, -0.2) is 26.0 Å². The minimum Gasteiger partial charge on any atom is -0.335 e. The van der Waals surface area contributed by atoms with E-state index < -0.39 is 4.92 Å². The fraction of sp³-hybridized carbons (Fsp3) is 0. The van der Waals surface area contributed by atoms with Crippen molar-refractivity contribution in [3.8, 4) is 0 Å². The van der Waals surface area contributed by atoms with Crippen molar-refractivity contribution in [2.75, 3.05) is 11.3 Å². The van der Waals surface area contributed by atoms with E-state index in [1.165, 1.54) is 24.7 Å². The molecule has 92 valence electrons. The Labute approximate surface area is 101 Å². The number of nitro groups is 1. The lowest BCUT2D eigenvalue weighted by Crippen LogP contribution is -2.10. The number of benzene rings is 1. The summed E-state index contributed by atoms with van der Waals surface area (Å²) in [6.45, 7) is 0. The summed E-state index contributed by atoms with van der Waals surface area (Å²) < 4.78 is 1.16. The van der Waals surface area contributed by atoms with Gasteiger partial charge in [-0.1, -0.05) is 12.1 Å². The highest BCUT2D eigenvalue weighted by Crippen LogP contribution is 2.11. The molecule has 0 bridgehead atoms. The monoisotopic (exact) mass is 247 g/mol. The average molecular weight is 247 g/mol. The first kappa shape index (κ1) is 11.5. The number of aromatic nitrogens is 3. The van der Waals surface area contributed by atoms with Gasteiger partial charge in [0, 0.05) is 17.7 Å². The van der Waals surface area contributed by atoms with E-state index in [0.717, 1.165) is 4.68 Å². The van der Waals surface area contributed by atoms with Crippen molar-refractivity contribution < 1.29 is 4.92 Å². The third kappa shape index (κ3) is 2.58. The summed E-state index contributed by atoms with van der Waals surface area (Å²) in [5.41, 5.74) is 3.14. The molecule has 0 saturated carbocycles. The van der Waals surface area contributed by atoms with Gasteiger partial charge in [-0.3, -0.25) is 10.1 Å². The Morgan fingerprint density at radius 3 is 3.06 bits per heavy atom. The molecule has 0 aliphatic rings. The fourth-order valence-corrected chi connectivity index (χ4v) is 1.21. The van der Waals surface area contributed by atoms with Crippen molar-refractivity contribution in [3.05, 3.63) is 46.3 Å². The third-order valence-corrected chi connectivity index (χ3v) is 2.03. The van der Waals surface area contributed by atoms with Crippen molar-refractivity contribution in [1.82, 2.24) is 14.9 Å². The van der Waals surface area contributed by atoms with Gasteiger partial charge >= 0.3 is 0 Å². The number of nitrogens with two attached hydrogens (primary N) is 1. The van der Waals surface area contributed by atoms with E-state index in [1.54, 1.807) is 12.1 Å². The molecule has 0 atom stereocenters. The van der Waals surface area contributed by atoms with Crippen LogP contribution in [0.5, 0.6) is 0 Å². The second-order valence-electron chi connectivity index (χ2n) is 3.28. The lowest BCUT2D eigenvalue weighted by Gasteiger charge is -1.97. The first-order valence-electron chi connectivity index (χ1n) is 4.85. The van der Waals surface area contributed by atoms with E-state index in [4.69, 9.17) is 5.84 Å². The quantitative estimate of drug-likeness (QED) is 0.347. The second kappa shape index (κ2) is 4.91. The Kier molecular flexibility index (Phi) is 3.14. The topological polar surface area (TPSA) is 124 Å². The Balaban J connectivity index is 2.07. The van der Waals surface area contributed by atoms with Crippen LogP contribution >= 0.6 is 0 Å². The van der Waals surface area contributed by atoms with Gasteiger partial charge in [-0.15, -0.1) is 10.2 Å². The van der Waals surface area contributed by atoms with Gasteiger partial charge in [-0.25, -0.2) is 10.1 Å². The zero-order chi connectivity index (χ0) is 13.0. The molecule has 3 N–H and O–H groups in total. The van der Waals surface area contributed by atoms with Crippen LogP contribution in [0.15, 0.2) is 35.7 Å². The van der Waals surface area contributed by atoms with E-state index >= 15 is 0 Å². The molecular formula is C9H9N7O2. The molecule has 0 saturated heterocycles. The summed E-state index contributed by atoms with van der Waals surface area (Å²) in [7, 11) is 0. The number of nitrogen functional groups attached to an aromatic ring is 1. The minimum atomic E-state index is -0.471. The largest absolute Gasteiger partial charge is 0.335 e. The van der Waals surface area contributed by atoms with Crippen LogP contribution in [0.1, 0.15) is 5.56 Å². The van der Waals surface area contributed by atoms with E-state index in [1.807, 2.05) is 0 Å². The predicted octanol–water partition coefficient (Wildman–Crippen LogP) is 0.346. The lowest BCUT2D eigenvalue weighted by atomic mass is 10.2. The molecule has 0 unspecified atom stereocenters. The molecule has 2 aromatic rings. The summed E-state index contributed by atoms with van der Waals surface area (Å²) in [5.74, 6) is 5.71. The highest BCUT2D eigenvalue weighted by molar-refractivity contribution is 5.81. The number of hydrogen-bond donors (Lipinski definition) is 2. The number of nitrogens with one attached hydrogen (secondary N) is 1. The highest BCUT2D eigenvalue weighted by Gasteiger charge is 2.04. The number of hydrogen-bond acceptors (Lipinski definition) is 7. The Hall–Kier alpha value is -2.97. The first-order chi connectivity index (χ1) is 8.66. The number of hydrazone groups is 1. The molecule has 1 aromatic heterocycles. The predicted molar refractivity (Wildman–Crippen MR) is 64.5 cm³/mol. The minimum absolute atomic E-state index is 0.000872. The zero-order valence-corrected chi connectivity index (χ0v) is 9.09. The molecule has 1 heterocycles.